The monoisotopic (exact) mass is 337 g/mol. The van der Waals surface area contributed by atoms with Gasteiger partial charge in [-0.3, -0.25) is 9.59 Å². The number of para-hydroxylation sites is 1. The topological polar surface area (TPSA) is 85.3 Å². The van der Waals surface area contributed by atoms with Gasteiger partial charge in [0.05, 0.1) is 18.8 Å². The number of carboxylic acid groups (broad SMARTS) is 1. The maximum absolute atomic E-state index is 12.8. The van der Waals surface area contributed by atoms with E-state index in [1.54, 1.807) is 36.3 Å². The van der Waals surface area contributed by atoms with E-state index in [1.165, 1.54) is 7.11 Å². The van der Waals surface area contributed by atoms with Crippen LogP contribution in [-0.4, -0.2) is 69.0 Å². The van der Waals surface area contributed by atoms with Gasteiger partial charge in [0.25, 0.3) is 5.91 Å². The lowest BCUT2D eigenvalue weighted by atomic mass is 9.88. The van der Waals surface area contributed by atoms with Crippen LogP contribution >= 0.6 is 0 Å². The lowest BCUT2D eigenvalue weighted by molar-refractivity contribution is -0.151. The molecular formula is C17H23NO6. The predicted molar refractivity (Wildman–Crippen MR) is 86.3 cm³/mol. The minimum absolute atomic E-state index is 0.0814. The summed E-state index contributed by atoms with van der Waals surface area (Å²) in [5.41, 5.74) is -0.622. The summed E-state index contributed by atoms with van der Waals surface area (Å²) in [5.74, 6) is -0.703. The van der Waals surface area contributed by atoms with Crippen molar-refractivity contribution in [1.82, 2.24) is 4.90 Å². The molecule has 0 saturated carbocycles. The Morgan fingerprint density at radius 1 is 1.21 bits per heavy atom. The Morgan fingerprint density at radius 3 is 2.62 bits per heavy atom. The van der Waals surface area contributed by atoms with Gasteiger partial charge in [-0.15, -0.1) is 0 Å². The zero-order valence-electron chi connectivity index (χ0n) is 14.0. The summed E-state index contributed by atoms with van der Waals surface area (Å²) in [6, 6.07) is 6.95. The lowest BCUT2D eigenvalue weighted by Crippen LogP contribution is -2.40. The van der Waals surface area contributed by atoms with Crippen molar-refractivity contribution >= 4 is 11.9 Å². The molecule has 1 aliphatic rings. The second-order valence-corrected chi connectivity index (χ2v) is 5.83. The third-order valence-corrected chi connectivity index (χ3v) is 4.18. The fraction of sp³-hybridized carbons (Fsp3) is 0.529. The van der Waals surface area contributed by atoms with Gasteiger partial charge in [0, 0.05) is 27.3 Å². The zero-order valence-corrected chi connectivity index (χ0v) is 14.0. The molecule has 0 radical (unpaired) electrons. The van der Waals surface area contributed by atoms with Crippen LogP contribution in [-0.2, 0) is 14.3 Å². The molecule has 0 aliphatic carbocycles. The first-order valence-corrected chi connectivity index (χ1v) is 7.76. The summed E-state index contributed by atoms with van der Waals surface area (Å²) in [7, 11) is 3.04. The Balaban J connectivity index is 2.14. The number of benzene rings is 1. The van der Waals surface area contributed by atoms with E-state index < -0.39 is 11.4 Å². The predicted octanol–water partition coefficient (Wildman–Crippen LogP) is 1.28. The SMILES string of the molecule is COCCOc1ccccc1C(=O)N1CCC(COC)(C(=O)O)C1. The highest BCUT2D eigenvalue weighted by atomic mass is 16.5. The number of methoxy groups -OCH3 is 2. The van der Waals surface area contributed by atoms with Crippen molar-refractivity contribution in [3.05, 3.63) is 29.8 Å². The van der Waals surface area contributed by atoms with Crippen LogP contribution in [0.4, 0.5) is 0 Å². The third-order valence-electron chi connectivity index (χ3n) is 4.18. The van der Waals surface area contributed by atoms with Gasteiger partial charge in [0.15, 0.2) is 0 Å². The van der Waals surface area contributed by atoms with Crippen molar-refractivity contribution in [3.8, 4) is 5.75 Å². The number of ether oxygens (including phenoxy) is 3. The number of carbonyl (C=O) groups is 2. The zero-order chi connectivity index (χ0) is 17.6. The molecule has 7 heteroatoms. The van der Waals surface area contributed by atoms with E-state index >= 15 is 0 Å². The second kappa shape index (κ2) is 8.12. The summed E-state index contributed by atoms with van der Waals surface area (Å²) in [4.78, 5) is 25.9. The number of hydrogen-bond acceptors (Lipinski definition) is 5. The van der Waals surface area contributed by atoms with Gasteiger partial charge >= 0.3 is 5.97 Å². The number of nitrogens with zero attached hydrogens (tertiary/aromatic N) is 1. The standard InChI is InChI=1S/C17H23NO6/c1-22-9-10-24-14-6-4-3-5-13(14)15(19)18-8-7-17(11-18,12-23-2)16(20)21/h3-6H,7-12H2,1-2H3,(H,20,21). The van der Waals surface area contributed by atoms with Crippen molar-refractivity contribution in [2.75, 3.05) is 47.1 Å². The number of aliphatic carboxylic acids is 1. The molecule has 24 heavy (non-hydrogen) atoms. The number of hydrogen-bond donors (Lipinski definition) is 1. The van der Waals surface area contributed by atoms with Gasteiger partial charge in [-0.05, 0) is 18.6 Å². The van der Waals surface area contributed by atoms with Crippen LogP contribution < -0.4 is 4.74 Å². The number of carbonyl (C=O) groups excluding carboxylic acids is 1. The van der Waals surface area contributed by atoms with Crippen LogP contribution in [0.15, 0.2) is 24.3 Å². The van der Waals surface area contributed by atoms with Gasteiger partial charge in [0.2, 0.25) is 0 Å². The molecule has 1 aromatic rings. The number of carboxylic acids is 1. The minimum Gasteiger partial charge on any atom is -0.490 e. The van der Waals surface area contributed by atoms with Gasteiger partial charge in [-0.25, -0.2) is 0 Å². The molecule has 1 unspecified atom stereocenters. The van der Waals surface area contributed by atoms with Gasteiger partial charge < -0.3 is 24.2 Å². The van der Waals surface area contributed by atoms with E-state index in [-0.39, 0.29) is 19.1 Å². The van der Waals surface area contributed by atoms with Crippen molar-refractivity contribution in [3.63, 3.8) is 0 Å². The first-order valence-electron chi connectivity index (χ1n) is 7.76. The Labute approximate surface area is 141 Å². The fourth-order valence-electron chi connectivity index (χ4n) is 2.85. The molecule has 0 aromatic heterocycles. The van der Waals surface area contributed by atoms with E-state index in [2.05, 4.69) is 0 Å². The number of likely N-dealkylation sites (tertiary alicyclic amines) is 1. The van der Waals surface area contributed by atoms with Crippen molar-refractivity contribution in [2.45, 2.75) is 6.42 Å². The molecule has 1 amide bonds. The van der Waals surface area contributed by atoms with Gasteiger partial charge in [-0.2, -0.15) is 0 Å². The van der Waals surface area contributed by atoms with Crippen LogP contribution in [0.25, 0.3) is 0 Å². The normalized spacial score (nSPS) is 20.2. The lowest BCUT2D eigenvalue weighted by Gasteiger charge is -2.24. The summed E-state index contributed by atoms with van der Waals surface area (Å²) in [5, 5.41) is 9.51. The fourth-order valence-corrected chi connectivity index (χ4v) is 2.85. The molecule has 0 bridgehead atoms. The minimum atomic E-state index is -1.05. The highest BCUT2D eigenvalue weighted by molar-refractivity contribution is 5.97. The highest BCUT2D eigenvalue weighted by Crippen LogP contribution is 2.33. The Bertz CT molecular complexity index is 590. The van der Waals surface area contributed by atoms with Crippen molar-refractivity contribution in [1.29, 1.82) is 0 Å². The molecule has 132 valence electrons. The summed E-state index contributed by atoms with van der Waals surface area (Å²) in [6.07, 6.45) is 0.370. The Morgan fingerprint density at radius 2 is 1.96 bits per heavy atom. The largest absolute Gasteiger partial charge is 0.490 e. The van der Waals surface area contributed by atoms with Crippen LogP contribution in [0.2, 0.25) is 0 Å². The first-order chi connectivity index (χ1) is 11.5. The van der Waals surface area contributed by atoms with E-state index in [0.29, 0.717) is 37.5 Å². The molecule has 1 aliphatic heterocycles. The number of rotatable bonds is 8. The molecule has 1 heterocycles. The van der Waals surface area contributed by atoms with Crippen LogP contribution in [0, 0.1) is 5.41 Å². The summed E-state index contributed by atoms with van der Waals surface area (Å²) >= 11 is 0. The number of amides is 1. The average Bonchev–Trinajstić information content (AvgIpc) is 3.01. The molecule has 1 aromatic carbocycles. The highest BCUT2D eigenvalue weighted by Gasteiger charge is 2.46. The molecule has 2 rings (SSSR count). The molecular weight excluding hydrogens is 314 g/mol. The third kappa shape index (κ3) is 3.85. The smallest absolute Gasteiger partial charge is 0.313 e. The van der Waals surface area contributed by atoms with Gasteiger partial charge in [0.1, 0.15) is 17.8 Å². The van der Waals surface area contributed by atoms with Crippen molar-refractivity contribution < 1.29 is 28.9 Å². The van der Waals surface area contributed by atoms with Crippen molar-refractivity contribution in [2.24, 2.45) is 5.41 Å². The van der Waals surface area contributed by atoms with Gasteiger partial charge in [-0.1, -0.05) is 12.1 Å². The van der Waals surface area contributed by atoms with Crippen LogP contribution in [0.5, 0.6) is 5.75 Å². The first kappa shape index (κ1) is 18.2. The quantitative estimate of drug-likeness (QED) is 0.719. The maximum atomic E-state index is 12.8. The van der Waals surface area contributed by atoms with Crippen LogP contribution in [0.1, 0.15) is 16.8 Å². The van der Waals surface area contributed by atoms with E-state index in [9.17, 15) is 14.7 Å². The molecule has 1 saturated heterocycles. The maximum Gasteiger partial charge on any atom is 0.313 e. The van der Waals surface area contributed by atoms with E-state index in [1.807, 2.05) is 0 Å². The molecule has 7 nitrogen and oxygen atoms in total. The average molecular weight is 337 g/mol. The second-order valence-electron chi connectivity index (χ2n) is 5.83. The molecule has 1 atom stereocenters. The summed E-state index contributed by atoms with van der Waals surface area (Å²) < 4.78 is 15.6. The van der Waals surface area contributed by atoms with Crippen LogP contribution in [0.3, 0.4) is 0 Å². The van der Waals surface area contributed by atoms with E-state index in [0.717, 1.165) is 0 Å². The molecule has 1 fully saturated rings. The Hall–Kier alpha value is -2.12. The molecule has 1 N–H and O–H groups in total. The summed E-state index contributed by atoms with van der Waals surface area (Å²) in [6.45, 7) is 1.34. The molecule has 0 spiro atoms. The van der Waals surface area contributed by atoms with E-state index in [4.69, 9.17) is 14.2 Å². The Kier molecular flexibility index (Phi) is 6.16.